The predicted molar refractivity (Wildman–Crippen MR) is 69.4 cm³/mol. The first kappa shape index (κ1) is 13.0. The SMILES string of the molecule is COC(=O)c1cc(Oc2ccc(C)nc2C)ccn1. The Hall–Kier alpha value is -2.43. The molecule has 0 aliphatic carbocycles. The van der Waals surface area contributed by atoms with Gasteiger partial charge in [-0.15, -0.1) is 0 Å². The predicted octanol–water partition coefficient (Wildman–Crippen LogP) is 2.67. The van der Waals surface area contributed by atoms with E-state index >= 15 is 0 Å². The number of rotatable bonds is 3. The van der Waals surface area contributed by atoms with Crippen molar-refractivity contribution in [3.8, 4) is 11.5 Å². The molecule has 0 saturated heterocycles. The summed E-state index contributed by atoms with van der Waals surface area (Å²) in [5, 5.41) is 0. The molecule has 5 nitrogen and oxygen atoms in total. The van der Waals surface area contributed by atoms with Crippen LogP contribution in [0.15, 0.2) is 30.5 Å². The maximum absolute atomic E-state index is 11.4. The number of esters is 1. The molecule has 0 N–H and O–H groups in total. The number of nitrogens with zero attached hydrogens (tertiary/aromatic N) is 2. The highest BCUT2D eigenvalue weighted by molar-refractivity contribution is 5.87. The van der Waals surface area contributed by atoms with Crippen molar-refractivity contribution in [1.29, 1.82) is 0 Å². The summed E-state index contributed by atoms with van der Waals surface area (Å²) >= 11 is 0. The molecular formula is C14H14N2O3. The minimum Gasteiger partial charge on any atom is -0.464 e. The van der Waals surface area contributed by atoms with E-state index in [0.29, 0.717) is 11.5 Å². The van der Waals surface area contributed by atoms with E-state index in [1.165, 1.54) is 19.4 Å². The second-order valence-electron chi connectivity index (χ2n) is 4.01. The fourth-order valence-corrected chi connectivity index (χ4v) is 1.60. The second-order valence-corrected chi connectivity index (χ2v) is 4.01. The molecule has 0 amide bonds. The highest BCUT2D eigenvalue weighted by Crippen LogP contribution is 2.24. The molecule has 0 radical (unpaired) electrons. The van der Waals surface area contributed by atoms with Gasteiger partial charge in [-0.1, -0.05) is 0 Å². The van der Waals surface area contributed by atoms with E-state index in [1.807, 2.05) is 26.0 Å². The van der Waals surface area contributed by atoms with Crippen molar-refractivity contribution in [2.24, 2.45) is 0 Å². The summed E-state index contributed by atoms with van der Waals surface area (Å²) in [6.07, 6.45) is 1.50. The van der Waals surface area contributed by atoms with Crippen LogP contribution in [0.4, 0.5) is 0 Å². The van der Waals surface area contributed by atoms with Crippen molar-refractivity contribution in [3.05, 3.63) is 47.5 Å². The van der Waals surface area contributed by atoms with E-state index < -0.39 is 5.97 Å². The van der Waals surface area contributed by atoms with Crippen LogP contribution in [0.3, 0.4) is 0 Å². The summed E-state index contributed by atoms with van der Waals surface area (Å²) in [5.74, 6) is 0.668. The quantitative estimate of drug-likeness (QED) is 0.792. The number of carbonyl (C=O) groups is 1. The Morgan fingerprint density at radius 2 is 2.00 bits per heavy atom. The van der Waals surface area contributed by atoms with Crippen molar-refractivity contribution < 1.29 is 14.3 Å². The van der Waals surface area contributed by atoms with Crippen LogP contribution in [0.25, 0.3) is 0 Å². The van der Waals surface area contributed by atoms with Crippen LogP contribution in [0, 0.1) is 13.8 Å². The summed E-state index contributed by atoms with van der Waals surface area (Å²) in [7, 11) is 1.31. The van der Waals surface area contributed by atoms with Gasteiger partial charge in [0.1, 0.15) is 11.5 Å². The van der Waals surface area contributed by atoms with E-state index in [1.54, 1.807) is 6.07 Å². The molecule has 0 unspecified atom stereocenters. The maximum Gasteiger partial charge on any atom is 0.356 e. The van der Waals surface area contributed by atoms with Gasteiger partial charge in [-0.25, -0.2) is 9.78 Å². The van der Waals surface area contributed by atoms with Gasteiger partial charge in [-0.2, -0.15) is 0 Å². The third-order valence-electron chi connectivity index (χ3n) is 2.53. The Morgan fingerprint density at radius 3 is 2.68 bits per heavy atom. The molecule has 0 aliphatic rings. The topological polar surface area (TPSA) is 61.3 Å². The first-order valence-corrected chi connectivity index (χ1v) is 5.76. The van der Waals surface area contributed by atoms with E-state index in [0.717, 1.165) is 11.4 Å². The highest BCUT2D eigenvalue weighted by Gasteiger charge is 2.09. The molecule has 0 saturated carbocycles. The van der Waals surface area contributed by atoms with Gasteiger partial charge in [0.15, 0.2) is 5.69 Å². The number of aryl methyl sites for hydroxylation is 2. The molecule has 0 spiro atoms. The van der Waals surface area contributed by atoms with Crippen LogP contribution < -0.4 is 4.74 Å². The molecule has 19 heavy (non-hydrogen) atoms. The molecule has 5 heteroatoms. The molecule has 2 aromatic rings. The molecule has 0 aromatic carbocycles. The van der Waals surface area contributed by atoms with Gasteiger partial charge >= 0.3 is 5.97 Å². The maximum atomic E-state index is 11.4. The van der Waals surface area contributed by atoms with Crippen molar-refractivity contribution >= 4 is 5.97 Å². The first-order chi connectivity index (χ1) is 9.10. The minimum absolute atomic E-state index is 0.206. The van der Waals surface area contributed by atoms with Crippen molar-refractivity contribution in [1.82, 2.24) is 9.97 Å². The Labute approximate surface area is 111 Å². The summed E-state index contributed by atoms with van der Waals surface area (Å²) in [6.45, 7) is 3.78. The van der Waals surface area contributed by atoms with Gasteiger partial charge in [0.05, 0.1) is 12.8 Å². The number of pyridine rings is 2. The Balaban J connectivity index is 2.26. The van der Waals surface area contributed by atoms with Crippen molar-refractivity contribution in [2.75, 3.05) is 7.11 Å². The molecule has 2 heterocycles. The lowest BCUT2D eigenvalue weighted by molar-refractivity contribution is 0.0593. The van der Waals surface area contributed by atoms with Gasteiger partial charge in [0, 0.05) is 18.0 Å². The molecule has 98 valence electrons. The fraction of sp³-hybridized carbons (Fsp3) is 0.214. The Morgan fingerprint density at radius 1 is 1.21 bits per heavy atom. The third kappa shape index (κ3) is 3.07. The van der Waals surface area contributed by atoms with Crippen molar-refractivity contribution in [3.63, 3.8) is 0 Å². The third-order valence-corrected chi connectivity index (χ3v) is 2.53. The van der Waals surface area contributed by atoms with E-state index in [2.05, 4.69) is 14.7 Å². The monoisotopic (exact) mass is 258 g/mol. The molecule has 2 rings (SSSR count). The summed E-state index contributed by atoms with van der Waals surface area (Å²) < 4.78 is 10.3. The number of ether oxygens (including phenoxy) is 2. The smallest absolute Gasteiger partial charge is 0.356 e. The van der Waals surface area contributed by atoms with Crippen LogP contribution in [-0.4, -0.2) is 23.0 Å². The van der Waals surface area contributed by atoms with Gasteiger partial charge in [0.2, 0.25) is 0 Å². The van der Waals surface area contributed by atoms with E-state index in [4.69, 9.17) is 4.74 Å². The molecular weight excluding hydrogens is 244 g/mol. The van der Waals surface area contributed by atoms with E-state index in [-0.39, 0.29) is 5.69 Å². The van der Waals surface area contributed by atoms with Gasteiger partial charge < -0.3 is 9.47 Å². The number of methoxy groups -OCH3 is 1. The molecule has 0 atom stereocenters. The van der Waals surface area contributed by atoms with Gasteiger partial charge in [0.25, 0.3) is 0 Å². The van der Waals surface area contributed by atoms with Gasteiger partial charge in [-0.05, 0) is 32.0 Å². The Kier molecular flexibility index (Phi) is 3.75. The van der Waals surface area contributed by atoms with Crippen LogP contribution in [0.2, 0.25) is 0 Å². The molecule has 0 fully saturated rings. The summed E-state index contributed by atoms with van der Waals surface area (Å²) in [4.78, 5) is 19.6. The average molecular weight is 258 g/mol. The number of aromatic nitrogens is 2. The zero-order valence-corrected chi connectivity index (χ0v) is 11.0. The van der Waals surface area contributed by atoms with Gasteiger partial charge in [-0.3, -0.25) is 4.98 Å². The summed E-state index contributed by atoms with van der Waals surface area (Å²) in [5.41, 5.74) is 1.92. The average Bonchev–Trinajstić information content (AvgIpc) is 2.41. The normalized spacial score (nSPS) is 10.1. The lowest BCUT2D eigenvalue weighted by Gasteiger charge is -2.09. The van der Waals surface area contributed by atoms with Crippen molar-refractivity contribution in [2.45, 2.75) is 13.8 Å². The van der Waals surface area contributed by atoms with Crippen LogP contribution in [0.5, 0.6) is 11.5 Å². The van der Waals surface area contributed by atoms with Crippen LogP contribution >= 0.6 is 0 Å². The zero-order valence-electron chi connectivity index (χ0n) is 11.0. The van der Waals surface area contributed by atoms with Crippen LogP contribution in [-0.2, 0) is 4.74 Å². The van der Waals surface area contributed by atoms with Crippen LogP contribution in [0.1, 0.15) is 21.9 Å². The zero-order chi connectivity index (χ0) is 13.8. The number of hydrogen-bond acceptors (Lipinski definition) is 5. The largest absolute Gasteiger partial charge is 0.464 e. The standard InChI is InChI=1S/C14H14N2O3/c1-9-4-5-13(10(2)16-9)19-11-6-7-15-12(8-11)14(17)18-3/h4-8H,1-3H3. The lowest BCUT2D eigenvalue weighted by atomic mass is 10.3. The molecule has 0 bridgehead atoms. The number of hydrogen-bond donors (Lipinski definition) is 0. The lowest BCUT2D eigenvalue weighted by Crippen LogP contribution is -2.04. The molecule has 0 aliphatic heterocycles. The first-order valence-electron chi connectivity index (χ1n) is 5.76. The molecule has 2 aromatic heterocycles. The fourth-order valence-electron chi connectivity index (χ4n) is 1.60. The Bertz CT molecular complexity index is 611. The number of carbonyl (C=O) groups excluding carboxylic acids is 1. The minimum atomic E-state index is -0.496. The summed E-state index contributed by atoms with van der Waals surface area (Å²) in [6, 6.07) is 6.91. The highest BCUT2D eigenvalue weighted by atomic mass is 16.5. The second kappa shape index (κ2) is 5.48. The van der Waals surface area contributed by atoms with E-state index in [9.17, 15) is 4.79 Å².